The van der Waals surface area contributed by atoms with Gasteiger partial charge in [0.15, 0.2) is 0 Å². The lowest BCUT2D eigenvalue weighted by atomic mass is 9.92. The van der Waals surface area contributed by atoms with E-state index in [9.17, 15) is 5.11 Å². The fraction of sp³-hybridized carbons (Fsp3) is 0.600. The summed E-state index contributed by atoms with van der Waals surface area (Å²) in [6.07, 6.45) is 5.28. The first-order valence-electron chi connectivity index (χ1n) is 4.83. The van der Waals surface area contributed by atoms with Crippen molar-refractivity contribution in [2.75, 3.05) is 6.61 Å². The highest BCUT2D eigenvalue weighted by molar-refractivity contribution is 5.09. The van der Waals surface area contributed by atoms with Crippen molar-refractivity contribution in [3.8, 4) is 0 Å². The summed E-state index contributed by atoms with van der Waals surface area (Å²) in [5.74, 6) is 0.168. The summed E-state index contributed by atoms with van der Waals surface area (Å²) in [6, 6.07) is 0. The highest BCUT2D eigenvalue weighted by Gasteiger charge is 2.31. The van der Waals surface area contributed by atoms with Crippen molar-refractivity contribution in [1.82, 2.24) is 9.97 Å². The van der Waals surface area contributed by atoms with Gasteiger partial charge in [-0.3, -0.25) is 0 Å². The molecule has 0 aliphatic carbocycles. The Morgan fingerprint density at radius 1 is 1.50 bits per heavy atom. The maximum absolute atomic E-state index is 10.0. The van der Waals surface area contributed by atoms with Gasteiger partial charge in [-0.15, -0.1) is 0 Å². The molecule has 1 N–H and O–H groups in total. The first-order valence-corrected chi connectivity index (χ1v) is 4.83. The molecule has 1 aliphatic heterocycles. The molecule has 3 unspecified atom stereocenters. The number of aliphatic hydroxyl groups is 1. The molecule has 1 aromatic rings. The third kappa shape index (κ3) is 1.76. The Balaban J connectivity index is 2.12. The third-order valence-electron chi connectivity index (χ3n) is 2.76. The summed E-state index contributed by atoms with van der Waals surface area (Å²) >= 11 is 0. The van der Waals surface area contributed by atoms with Crippen LogP contribution >= 0.6 is 0 Å². The molecule has 4 heteroatoms. The van der Waals surface area contributed by atoms with Crippen LogP contribution in [0.5, 0.6) is 0 Å². The minimum absolute atomic E-state index is 0.116. The van der Waals surface area contributed by atoms with E-state index in [1.807, 2.05) is 6.92 Å². The van der Waals surface area contributed by atoms with Crippen LogP contribution < -0.4 is 0 Å². The van der Waals surface area contributed by atoms with Crippen LogP contribution in [0, 0.1) is 5.92 Å². The van der Waals surface area contributed by atoms with Gasteiger partial charge < -0.3 is 9.84 Å². The summed E-state index contributed by atoms with van der Waals surface area (Å²) in [4.78, 5) is 7.78. The second kappa shape index (κ2) is 4.02. The van der Waals surface area contributed by atoms with Crippen LogP contribution in [-0.4, -0.2) is 27.8 Å². The van der Waals surface area contributed by atoms with Crippen molar-refractivity contribution in [1.29, 1.82) is 0 Å². The summed E-state index contributed by atoms with van der Waals surface area (Å²) in [7, 11) is 0. The largest absolute Gasteiger partial charge is 0.388 e. The van der Waals surface area contributed by atoms with E-state index in [1.54, 1.807) is 12.4 Å². The van der Waals surface area contributed by atoms with Gasteiger partial charge in [-0.25, -0.2) is 9.97 Å². The Morgan fingerprint density at radius 3 is 2.79 bits per heavy atom. The number of hydrogen-bond acceptors (Lipinski definition) is 4. The second-order valence-corrected chi connectivity index (χ2v) is 3.65. The minimum atomic E-state index is -0.506. The number of aromatic nitrogens is 2. The van der Waals surface area contributed by atoms with Gasteiger partial charge in [-0.05, 0) is 13.3 Å². The molecule has 1 aliphatic rings. The van der Waals surface area contributed by atoms with Crippen molar-refractivity contribution < 1.29 is 9.84 Å². The molecule has 76 valence electrons. The van der Waals surface area contributed by atoms with Gasteiger partial charge in [0.25, 0.3) is 0 Å². The molecular formula is C10H14N2O2. The highest BCUT2D eigenvalue weighted by Crippen LogP contribution is 2.32. The normalized spacial score (nSPS) is 29.0. The Kier molecular flexibility index (Phi) is 2.74. The predicted molar refractivity (Wildman–Crippen MR) is 50.5 cm³/mol. The van der Waals surface area contributed by atoms with E-state index < -0.39 is 6.10 Å². The quantitative estimate of drug-likeness (QED) is 0.761. The number of rotatable bonds is 2. The van der Waals surface area contributed by atoms with E-state index in [-0.39, 0.29) is 12.0 Å². The lowest BCUT2D eigenvalue weighted by Gasteiger charge is -2.20. The van der Waals surface area contributed by atoms with Gasteiger partial charge in [0.1, 0.15) is 6.33 Å². The van der Waals surface area contributed by atoms with Crippen LogP contribution in [0.25, 0.3) is 0 Å². The predicted octanol–water partition coefficient (Wildman–Crippen LogP) is 0.935. The van der Waals surface area contributed by atoms with Crippen molar-refractivity contribution in [2.45, 2.75) is 25.6 Å². The Bertz CT molecular complexity index is 291. The number of ether oxygens (including phenoxy) is 1. The second-order valence-electron chi connectivity index (χ2n) is 3.65. The zero-order chi connectivity index (χ0) is 9.97. The zero-order valence-corrected chi connectivity index (χ0v) is 8.13. The van der Waals surface area contributed by atoms with Crippen LogP contribution in [0.2, 0.25) is 0 Å². The topological polar surface area (TPSA) is 55.2 Å². The zero-order valence-electron chi connectivity index (χ0n) is 8.13. The molecule has 0 amide bonds. The molecule has 0 spiro atoms. The van der Waals surface area contributed by atoms with E-state index in [0.29, 0.717) is 0 Å². The molecule has 4 nitrogen and oxygen atoms in total. The third-order valence-corrected chi connectivity index (χ3v) is 2.76. The van der Waals surface area contributed by atoms with Crippen LogP contribution in [-0.2, 0) is 4.74 Å². The number of aliphatic hydroxyl groups excluding tert-OH is 1. The molecule has 0 saturated carbocycles. The summed E-state index contributed by atoms with van der Waals surface area (Å²) < 4.78 is 5.41. The minimum Gasteiger partial charge on any atom is -0.388 e. The number of hydrogen-bond donors (Lipinski definition) is 1. The Labute approximate surface area is 83.0 Å². The number of nitrogens with zero attached hydrogens (tertiary/aromatic N) is 2. The fourth-order valence-corrected chi connectivity index (χ4v) is 1.87. The van der Waals surface area contributed by atoms with E-state index in [0.717, 1.165) is 18.6 Å². The molecule has 1 aromatic heterocycles. The van der Waals surface area contributed by atoms with Crippen molar-refractivity contribution >= 4 is 0 Å². The molecule has 1 fully saturated rings. The standard InChI is InChI=1S/C10H14N2O2/c1-7-9(2-3-14-7)10(13)8-4-11-6-12-5-8/h4-7,9-10,13H,2-3H2,1H3. The van der Waals surface area contributed by atoms with Gasteiger partial charge in [-0.2, -0.15) is 0 Å². The molecule has 14 heavy (non-hydrogen) atoms. The molecule has 3 atom stereocenters. The van der Waals surface area contributed by atoms with Crippen LogP contribution in [0.15, 0.2) is 18.7 Å². The lowest BCUT2D eigenvalue weighted by Crippen LogP contribution is -2.20. The molecule has 0 bridgehead atoms. The monoisotopic (exact) mass is 194 g/mol. The van der Waals surface area contributed by atoms with Gasteiger partial charge in [0, 0.05) is 30.5 Å². The first-order chi connectivity index (χ1) is 6.79. The SMILES string of the molecule is CC1OCCC1C(O)c1cncnc1. The Hall–Kier alpha value is -1.00. The highest BCUT2D eigenvalue weighted by atomic mass is 16.5. The van der Waals surface area contributed by atoms with Gasteiger partial charge >= 0.3 is 0 Å². The smallest absolute Gasteiger partial charge is 0.115 e. The van der Waals surface area contributed by atoms with Crippen molar-refractivity contribution in [3.63, 3.8) is 0 Å². The average Bonchev–Trinajstić information content (AvgIpc) is 2.65. The first kappa shape index (κ1) is 9.55. The summed E-state index contributed by atoms with van der Waals surface area (Å²) in [5.41, 5.74) is 0.773. The van der Waals surface area contributed by atoms with Gasteiger partial charge in [0.05, 0.1) is 12.2 Å². The van der Waals surface area contributed by atoms with E-state index in [4.69, 9.17) is 4.74 Å². The molecule has 2 rings (SSSR count). The maximum Gasteiger partial charge on any atom is 0.115 e. The van der Waals surface area contributed by atoms with E-state index in [1.165, 1.54) is 6.33 Å². The van der Waals surface area contributed by atoms with E-state index >= 15 is 0 Å². The maximum atomic E-state index is 10.0. The molecule has 0 aromatic carbocycles. The van der Waals surface area contributed by atoms with Gasteiger partial charge in [-0.1, -0.05) is 0 Å². The fourth-order valence-electron chi connectivity index (χ4n) is 1.87. The molecule has 0 radical (unpaired) electrons. The van der Waals surface area contributed by atoms with Crippen LogP contribution in [0.1, 0.15) is 25.0 Å². The average molecular weight is 194 g/mol. The van der Waals surface area contributed by atoms with Crippen molar-refractivity contribution in [2.24, 2.45) is 5.92 Å². The Morgan fingerprint density at radius 2 is 2.21 bits per heavy atom. The van der Waals surface area contributed by atoms with Gasteiger partial charge in [0.2, 0.25) is 0 Å². The van der Waals surface area contributed by atoms with Crippen LogP contribution in [0.4, 0.5) is 0 Å². The van der Waals surface area contributed by atoms with Crippen LogP contribution in [0.3, 0.4) is 0 Å². The molecule has 1 saturated heterocycles. The molecular weight excluding hydrogens is 180 g/mol. The molecule has 2 heterocycles. The van der Waals surface area contributed by atoms with E-state index in [2.05, 4.69) is 9.97 Å². The summed E-state index contributed by atoms with van der Waals surface area (Å²) in [6.45, 7) is 2.72. The van der Waals surface area contributed by atoms with Crippen molar-refractivity contribution in [3.05, 3.63) is 24.3 Å². The summed E-state index contributed by atoms with van der Waals surface area (Å²) in [5, 5.41) is 10.0. The lowest BCUT2D eigenvalue weighted by molar-refractivity contribution is 0.0428.